The Labute approximate surface area is 117 Å². The number of aliphatic hydroxyl groups is 1. The Kier molecular flexibility index (Phi) is 5.68. The van der Waals surface area contributed by atoms with Crippen molar-refractivity contribution in [2.45, 2.75) is 70.8 Å². The smallest absolute Gasteiger partial charge is 0.223 e. The van der Waals surface area contributed by atoms with Crippen molar-refractivity contribution in [2.75, 3.05) is 6.61 Å². The molecule has 4 atom stereocenters. The van der Waals surface area contributed by atoms with E-state index in [0.717, 1.165) is 37.5 Å². The topological polar surface area (TPSA) is 49.3 Å². The maximum atomic E-state index is 12.3. The first kappa shape index (κ1) is 14.8. The van der Waals surface area contributed by atoms with E-state index in [0.29, 0.717) is 0 Å². The van der Waals surface area contributed by atoms with E-state index >= 15 is 0 Å². The second-order valence-corrected chi connectivity index (χ2v) is 6.59. The largest absolute Gasteiger partial charge is 0.396 e. The Balaban J connectivity index is 1.76. The molecule has 110 valence electrons. The molecule has 2 aliphatic carbocycles. The lowest BCUT2D eigenvalue weighted by atomic mass is 9.67. The molecule has 0 heterocycles. The average molecular weight is 267 g/mol. The van der Waals surface area contributed by atoms with Gasteiger partial charge in [0.15, 0.2) is 0 Å². The zero-order valence-electron chi connectivity index (χ0n) is 12.2. The van der Waals surface area contributed by atoms with Crippen LogP contribution in [0.5, 0.6) is 0 Å². The van der Waals surface area contributed by atoms with Gasteiger partial charge in [-0.15, -0.1) is 0 Å². The van der Waals surface area contributed by atoms with E-state index in [4.69, 9.17) is 5.11 Å². The van der Waals surface area contributed by atoms with Gasteiger partial charge < -0.3 is 10.4 Å². The van der Waals surface area contributed by atoms with Crippen LogP contribution in [0.2, 0.25) is 0 Å². The lowest BCUT2D eigenvalue weighted by Gasteiger charge is -2.39. The van der Waals surface area contributed by atoms with Gasteiger partial charge in [-0.3, -0.25) is 4.79 Å². The summed E-state index contributed by atoms with van der Waals surface area (Å²) in [6, 6.07) is 0.198. The van der Waals surface area contributed by atoms with Gasteiger partial charge in [0.2, 0.25) is 5.91 Å². The van der Waals surface area contributed by atoms with Crippen LogP contribution in [0, 0.1) is 17.8 Å². The first-order chi connectivity index (χ1) is 9.20. The fourth-order valence-electron chi connectivity index (χ4n) is 3.94. The van der Waals surface area contributed by atoms with E-state index < -0.39 is 0 Å². The normalized spacial score (nSPS) is 32.4. The molecule has 2 saturated carbocycles. The Morgan fingerprint density at radius 1 is 1.21 bits per heavy atom. The number of fused-ring (bicyclic) bond motifs is 1. The summed E-state index contributed by atoms with van der Waals surface area (Å²) in [5.74, 6) is 2.22. The van der Waals surface area contributed by atoms with Crippen LogP contribution in [0.25, 0.3) is 0 Å². The molecular formula is C16H29NO2. The van der Waals surface area contributed by atoms with Gasteiger partial charge in [-0.2, -0.15) is 0 Å². The minimum atomic E-state index is 0.198. The lowest BCUT2D eigenvalue weighted by Crippen LogP contribution is -2.41. The Morgan fingerprint density at radius 3 is 2.68 bits per heavy atom. The Morgan fingerprint density at radius 2 is 1.95 bits per heavy atom. The van der Waals surface area contributed by atoms with Crippen molar-refractivity contribution in [1.29, 1.82) is 0 Å². The first-order valence-electron chi connectivity index (χ1n) is 8.12. The summed E-state index contributed by atoms with van der Waals surface area (Å²) in [5, 5.41) is 11.9. The molecule has 3 nitrogen and oxygen atoms in total. The SMILES string of the molecule is CC(CCCO)NC(=O)C1CCC2CCCCC2C1. The average Bonchev–Trinajstić information content (AvgIpc) is 2.44. The molecule has 0 radical (unpaired) electrons. The highest BCUT2D eigenvalue weighted by Crippen LogP contribution is 2.42. The molecule has 0 saturated heterocycles. The number of nitrogens with one attached hydrogen (secondary N) is 1. The molecule has 4 unspecified atom stereocenters. The second-order valence-electron chi connectivity index (χ2n) is 6.59. The van der Waals surface area contributed by atoms with Crippen LogP contribution in [0.4, 0.5) is 0 Å². The quantitative estimate of drug-likeness (QED) is 0.804. The number of carbonyl (C=O) groups excluding carboxylic acids is 1. The Hall–Kier alpha value is -0.570. The molecule has 2 rings (SSSR count). The van der Waals surface area contributed by atoms with Crippen LogP contribution in [-0.4, -0.2) is 23.7 Å². The highest BCUT2D eigenvalue weighted by atomic mass is 16.3. The van der Waals surface area contributed by atoms with E-state index in [9.17, 15) is 4.79 Å². The number of hydrogen-bond donors (Lipinski definition) is 2. The highest BCUT2D eigenvalue weighted by molar-refractivity contribution is 5.79. The zero-order chi connectivity index (χ0) is 13.7. The molecule has 0 aromatic heterocycles. The fraction of sp³-hybridized carbons (Fsp3) is 0.938. The molecule has 2 fully saturated rings. The van der Waals surface area contributed by atoms with Crippen molar-refractivity contribution in [2.24, 2.45) is 17.8 Å². The van der Waals surface area contributed by atoms with Crippen molar-refractivity contribution < 1.29 is 9.90 Å². The zero-order valence-corrected chi connectivity index (χ0v) is 12.2. The molecule has 2 N–H and O–H groups in total. The van der Waals surface area contributed by atoms with E-state index in [1.807, 2.05) is 6.92 Å². The number of rotatable bonds is 5. The minimum absolute atomic E-state index is 0.198. The van der Waals surface area contributed by atoms with Gasteiger partial charge in [0.25, 0.3) is 0 Å². The van der Waals surface area contributed by atoms with Gasteiger partial charge in [-0.1, -0.05) is 25.7 Å². The fourth-order valence-corrected chi connectivity index (χ4v) is 3.94. The van der Waals surface area contributed by atoms with Crippen LogP contribution in [0.1, 0.15) is 64.7 Å². The maximum Gasteiger partial charge on any atom is 0.223 e. The molecule has 3 heteroatoms. The number of aliphatic hydroxyl groups excluding tert-OH is 1. The summed E-state index contributed by atoms with van der Waals surface area (Å²) in [5.41, 5.74) is 0. The van der Waals surface area contributed by atoms with Crippen LogP contribution in [-0.2, 0) is 4.79 Å². The molecule has 0 aromatic carbocycles. The number of hydrogen-bond acceptors (Lipinski definition) is 2. The highest BCUT2D eigenvalue weighted by Gasteiger charge is 2.35. The summed E-state index contributed by atoms with van der Waals surface area (Å²) < 4.78 is 0. The molecule has 0 spiro atoms. The van der Waals surface area contributed by atoms with Gasteiger partial charge in [-0.05, 0) is 50.9 Å². The summed E-state index contributed by atoms with van der Waals surface area (Å²) in [7, 11) is 0. The van der Waals surface area contributed by atoms with Crippen molar-refractivity contribution in [3.63, 3.8) is 0 Å². The van der Waals surface area contributed by atoms with Gasteiger partial charge in [-0.25, -0.2) is 0 Å². The third-order valence-corrected chi connectivity index (χ3v) is 5.09. The molecule has 2 aliphatic rings. The molecule has 1 amide bonds. The standard InChI is InChI=1S/C16H29NO2/c1-12(5-4-10-18)17-16(19)15-9-8-13-6-2-3-7-14(13)11-15/h12-15,18H,2-11H2,1H3,(H,17,19). The summed E-state index contributed by atoms with van der Waals surface area (Å²) in [6.07, 6.45) is 10.6. The maximum absolute atomic E-state index is 12.3. The molecular weight excluding hydrogens is 238 g/mol. The summed E-state index contributed by atoms with van der Waals surface area (Å²) in [4.78, 5) is 12.3. The van der Waals surface area contributed by atoms with Crippen molar-refractivity contribution in [3.05, 3.63) is 0 Å². The second kappa shape index (κ2) is 7.28. The van der Waals surface area contributed by atoms with Crippen LogP contribution >= 0.6 is 0 Å². The van der Waals surface area contributed by atoms with E-state index in [1.165, 1.54) is 32.1 Å². The van der Waals surface area contributed by atoms with E-state index in [-0.39, 0.29) is 24.5 Å². The summed E-state index contributed by atoms with van der Waals surface area (Å²) >= 11 is 0. The van der Waals surface area contributed by atoms with Crippen LogP contribution in [0.3, 0.4) is 0 Å². The van der Waals surface area contributed by atoms with Gasteiger partial charge >= 0.3 is 0 Å². The predicted molar refractivity (Wildman–Crippen MR) is 76.7 cm³/mol. The van der Waals surface area contributed by atoms with E-state index in [2.05, 4.69) is 5.32 Å². The molecule has 19 heavy (non-hydrogen) atoms. The third-order valence-electron chi connectivity index (χ3n) is 5.09. The minimum Gasteiger partial charge on any atom is -0.396 e. The summed E-state index contributed by atoms with van der Waals surface area (Å²) in [6.45, 7) is 2.26. The lowest BCUT2D eigenvalue weighted by molar-refractivity contribution is -0.127. The first-order valence-corrected chi connectivity index (χ1v) is 8.12. The van der Waals surface area contributed by atoms with E-state index in [1.54, 1.807) is 0 Å². The monoisotopic (exact) mass is 267 g/mol. The van der Waals surface area contributed by atoms with Gasteiger partial charge in [0.05, 0.1) is 0 Å². The third kappa shape index (κ3) is 4.20. The number of carbonyl (C=O) groups is 1. The predicted octanol–water partition coefficient (Wildman–Crippen LogP) is 2.87. The van der Waals surface area contributed by atoms with Crippen molar-refractivity contribution >= 4 is 5.91 Å². The molecule has 0 aromatic rings. The van der Waals surface area contributed by atoms with Gasteiger partial charge in [0.1, 0.15) is 0 Å². The van der Waals surface area contributed by atoms with Crippen LogP contribution in [0.15, 0.2) is 0 Å². The van der Waals surface area contributed by atoms with Crippen LogP contribution < -0.4 is 5.32 Å². The van der Waals surface area contributed by atoms with Gasteiger partial charge in [0, 0.05) is 18.6 Å². The van der Waals surface area contributed by atoms with Crippen molar-refractivity contribution in [1.82, 2.24) is 5.32 Å². The molecule has 0 aliphatic heterocycles. The van der Waals surface area contributed by atoms with Crippen molar-refractivity contribution in [3.8, 4) is 0 Å². The number of amides is 1. The molecule has 0 bridgehead atoms. The Bertz CT molecular complexity index is 292.